The molecule has 1 saturated heterocycles. The molecule has 2 amide bonds. The van der Waals surface area contributed by atoms with Crippen molar-refractivity contribution in [1.82, 2.24) is 19.5 Å². The van der Waals surface area contributed by atoms with Gasteiger partial charge in [0.25, 0.3) is 0 Å². The lowest BCUT2D eigenvalue weighted by Gasteiger charge is -2.36. The number of aliphatic hydroxyl groups excluding tert-OH is 1. The van der Waals surface area contributed by atoms with Crippen LogP contribution < -0.4 is 9.64 Å². The van der Waals surface area contributed by atoms with Gasteiger partial charge in [0.05, 0.1) is 31.1 Å². The Morgan fingerprint density at radius 1 is 1.02 bits per heavy atom. The summed E-state index contributed by atoms with van der Waals surface area (Å²) in [4.78, 5) is 34.1. The normalized spacial score (nSPS) is 19.4. The van der Waals surface area contributed by atoms with Crippen LogP contribution in [-0.4, -0.2) is 73.3 Å². The minimum atomic E-state index is -0.840. The van der Waals surface area contributed by atoms with Crippen LogP contribution in [0.3, 0.4) is 0 Å². The summed E-state index contributed by atoms with van der Waals surface area (Å²) in [5, 5.41) is 15.2. The lowest BCUT2D eigenvalue weighted by Crippen LogP contribution is -2.51. The Labute approximate surface area is 256 Å². The number of aliphatic hydroxyl groups is 1. The van der Waals surface area contributed by atoms with E-state index in [9.17, 15) is 19.1 Å². The third kappa shape index (κ3) is 7.23. The molecule has 1 aliphatic carbocycles. The van der Waals surface area contributed by atoms with Gasteiger partial charge in [-0.3, -0.25) is 0 Å². The highest BCUT2D eigenvalue weighted by Crippen LogP contribution is 2.40. The van der Waals surface area contributed by atoms with E-state index in [-0.39, 0.29) is 42.8 Å². The zero-order chi connectivity index (χ0) is 32.0. The maximum atomic E-state index is 14.7. The smallest absolute Gasteiger partial charge is 0.420 e. The van der Waals surface area contributed by atoms with Crippen molar-refractivity contribution in [3.63, 3.8) is 0 Å². The first kappa shape index (κ1) is 31.5. The van der Waals surface area contributed by atoms with Crippen molar-refractivity contribution in [3.05, 3.63) is 47.4 Å². The van der Waals surface area contributed by atoms with E-state index in [0.29, 0.717) is 11.2 Å². The Bertz CT molecular complexity index is 1520. The lowest BCUT2D eigenvalue weighted by molar-refractivity contribution is -0.0240. The summed E-state index contributed by atoms with van der Waals surface area (Å²) in [6.45, 7) is 12.6. The summed E-state index contributed by atoms with van der Waals surface area (Å²) < 4.78 is 33.9. The van der Waals surface area contributed by atoms with Gasteiger partial charge in [0.15, 0.2) is 11.5 Å². The van der Waals surface area contributed by atoms with Crippen LogP contribution in [0.25, 0.3) is 5.65 Å². The highest BCUT2D eigenvalue weighted by atomic mass is 19.1. The summed E-state index contributed by atoms with van der Waals surface area (Å²) in [6.07, 6.45) is 2.35. The molecule has 5 rings (SSSR count). The quantitative estimate of drug-likeness (QED) is 0.359. The number of aryl methyl sites for hydroxylation is 1. The zero-order valence-corrected chi connectivity index (χ0v) is 26.5. The topological polar surface area (TPSA) is 119 Å². The number of hydrogen-bond acceptors (Lipinski definition) is 8. The average molecular weight is 612 g/mol. The van der Waals surface area contributed by atoms with Crippen molar-refractivity contribution in [1.29, 1.82) is 0 Å². The van der Waals surface area contributed by atoms with E-state index in [1.165, 1.54) is 21.9 Å². The number of halogens is 1. The van der Waals surface area contributed by atoms with Crippen molar-refractivity contribution >= 4 is 29.3 Å². The number of carbonyl (C=O) groups is 2. The maximum Gasteiger partial charge on any atom is 0.420 e. The molecule has 1 saturated carbocycles. The molecule has 2 aliphatic rings. The van der Waals surface area contributed by atoms with Crippen molar-refractivity contribution in [3.8, 4) is 5.88 Å². The van der Waals surface area contributed by atoms with Crippen molar-refractivity contribution in [2.75, 3.05) is 18.0 Å². The molecular weight excluding hydrogens is 569 g/mol. The van der Waals surface area contributed by atoms with E-state index in [4.69, 9.17) is 19.2 Å². The molecule has 12 heteroatoms. The van der Waals surface area contributed by atoms with Gasteiger partial charge in [0, 0.05) is 18.1 Å². The number of nitrogens with zero attached hydrogens (tertiary/aromatic N) is 5. The number of hydrogen-bond donors (Lipinski definition) is 1. The first-order valence-electron chi connectivity index (χ1n) is 15.1. The molecule has 0 spiro atoms. The van der Waals surface area contributed by atoms with Crippen molar-refractivity contribution < 1.29 is 33.3 Å². The van der Waals surface area contributed by atoms with Gasteiger partial charge in [-0.1, -0.05) is 6.42 Å². The van der Waals surface area contributed by atoms with Crippen molar-refractivity contribution in [2.24, 2.45) is 0 Å². The van der Waals surface area contributed by atoms with Gasteiger partial charge in [-0.15, -0.1) is 0 Å². The van der Waals surface area contributed by atoms with Gasteiger partial charge < -0.3 is 24.2 Å². The minimum Gasteiger partial charge on any atom is -0.472 e. The summed E-state index contributed by atoms with van der Waals surface area (Å²) in [5.74, 6) is 0.159. The molecule has 0 bridgehead atoms. The molecule has 3 heterocycles. The highest BCUT2D eigenvalue weighted by molar-refractivity contribution is 5.96. The van der Waals surface area contributed by atoms with E-state index in [0.717, 1.165) is 24.8 Å². The van der Waals surface area contributed by atoms with Crippen LogP contribution in [0.4, 0.5) is 25.5 Å². The second-order valence-corrected chi connectivity index (χ2v) is 13.7. The van der Waals surface area contributed by atoms with Crippen LogP contribution in [0, 0.1) is 12.7 Å². The third-order valence-electron chi connectivity index (χ3n) is 7.42. The van der Waals surface area contributed by atoms with E-state index >= 15 is 0 Å². The number of rotatable bonds is 5. The summed E-state index contributed by atoms with van der Waals surface area (Å²) in [5.41, 5.74) is 0.751. The molecule has 2 aromatic heterocycles. The molecule has 0 radical (unpaired) electrons. The largest absolute Gasteiger partial charge is 0.472 e. The Morgan fingerprint density at radius 3 is 2.34 bits per heavy atom. The van der Waals surface area contributed by atoms with Gasteiger partial charge in [-0.05, 0) is 91.0 Å². The summed E-state index contributed by atoms with van der Waals surface area (Å²) in [7, 11) is 0. The minimum absolute atomic E-state index is 0.117. The van der Waals surface area contributed by atoms with Crippen LogP contribution in [-0.2, 0) is 9.47 Å². The molecule has 1 aromatic carbocycles. The Kier molecular flexibility index (Phi) is 8.50. The van der Waals surface area contributed by atoms with Gasteiger partial charge in [0.2, 0.25) is 5.88 Å². The molecule has 2 fully saturated rings. The number of aromatic nitrogens is 3. The average Bonchev–Trinajstić information content (AvgIpc) is 3.23. The van der Waals surface area contributed by atoms with Gasteiger partial charge in [-0.25, -0.2) is 18.9 Å². The number of anilines is 2. The number of piperidine rings is 1. The standard InChI is InChI=1S/C32H42FN5O6/c1-19-11-21(33)13-22(12-19)37(30(41)44-32(5,6)7)27-15-26(35-28-25(16-34-38(27)28)20-9-8-10-20)42-24-14-23(39)17-36(18-24)29(40)43-31(2,3)4/h11-13,15-16,20,23-24,39H,8-10,14,17-18H2,1-7H3. The second-order valence-electron chi connectivity index (χ2n) is 13.7. The predicted octanol–water partition coefficient (Wildman–Crippen LogP) is 6.27. The Hall–Kier alpha value is -3.93. The van der Waals surface area contributed by atoms with E-state index < -0.39 is 41.4 Å². The number of benzene rings is 1. The first-order valence-corrected chi connectivity index (χ1v) is 15.1. The fraction of sp³-hybridized carbons (Fsp3) is 0.562. The molecule has 11 nitrogen and oxygen atoms in total. The highest BCUT2D eigenvalue weighted by Gasteiger charge is 2.35. The molecule has 2 atom stereocenters. The van der Waals surface area contributed by atoms with Crippen LogP contribution in [0.1, 0.15) is 84.3 Å². The van der Waals surface area contributed by atoms with E-state index in [1.54, 1.807) is 71.3 Å². The molecule has 3 aromatic rings. The fourth-order valence-electron chi connectivity index (χ4n) is 5.41. The van der Waals surface area contributed by atoms with Gasteiger partial charge in [0.1, 0.15) is 23.1 Å². The summed E-state index contributed by atoms with van der Waals surface area (Å²) >= 11 is 0. The molecule has 1 aliphatic heterocycles. The zero-order valence-electron chi connectivity index (χ0n) is 26.5. The fourth-order valence-corrected chi connectivity index (χ4v) is 5.41. The molecule has 238 valence electrons. The number of fused-ring (bicyclic) bond motifs is 1. The number of ether oxygens (including phenoxy) is 3. The van der Waals surface area contributed by atoms with Crippen LogP contribution in [0.2, 0.25) is 0 Å². The number of carbonyl (C=O) groups excluding carboxylic acids is 2. The molecular formula is C32H42FN5O6. The molecule has 2 unspecified atom stereocenters. The molecule has 44 heavy (non-hydrogen) atoms. The van der Waals surface area contributed by atoms with Gasteiger partial charge >= 0.3 is 12.2 Å². The van der Waals surface area contributed by atoms with Crippen molar-refractivity contribution in [2.45, 2.75) is 103 Å². The van der Waals surface area contributed by atoms with Crippen LogP contribution in [0.15, 0.2) is 30.5 Å². The van der Waals surface area contributed by atoms with Crippen LogP contribution in [0.5, 0.6) is 5.88 Å². The third-order valence-corrected chi connectivity index (χ3v) is 7.42. The van der Waals surface area contributed by atoms with E-state index in [1.807, 2.05) is 0 Å². The van der Waals surface area contributed by atoms with Gasteiger partial charge in [-0.2, -0.15) is 14.6 Å². The Balaban J connectivity index is 1.58. The monoisotopic (exact) mass is 611 g/mol. The SMILES string of the molecule is Cc1cc(F)cc(N(C(=O)OC(C)(C)C)c2cc(OC3CC(O)CN(C(=O)OC(C)(C)C)C3)nc3c(C4CCC4)cnn23)c1. The first-order chi connectivity index (χ1) is 20.6. The lowest BCUT2D eigenvalue weighted by atomic mass is 9.81. The summed E-state index contributed by atoms with van der Waals surface area (Å²) in [6, 6.07) is 5.87. The van der Waals surface area contributed by atoms with Crippen LogP contribution >= 0.6 is 0 Å². The number of β-amino-alcohol motifs (C(OH)–C–C–N with tert-alkyl or cyclic N) is 1. The predicted molar refractivity (Wildman–Crippen MR) is 162 cm³/mol. The van der Waals surface area contributed by atoms with E-state index in [2.05, 4.69) is 5.10 Å². The molecule has 1 N–H and O–H groups in total. The maximum absolute atomic E-state index is 14.7. The second kappa shape index (κ2) is 11.9. The number of amides is 2. The number of likely N-dealkylation sites (tertiary alicyclic amines) is 1. The Morgan fingerprint density at radius 2 is 1.73 bits per heavy atom.